The van der Waals surface area contributed by atoms with Gasteiger partial charge in [-0.05, 0) is 13.0 Å². The molecular formula is C11H13NO4. The molecule has 5 heteroatoms. The van der Waals surface area contributed by atoms with Gasteiger partial charge in [-0.15, -0.1) is 0 Å². The maximum Gasteiger partial charge on any atom is 0.344 e. The molecule has 5 nitrogen and oxygen atoms in total. The van der Waals surface area contributed by atoms with Crippen LogP contribution in [-0.2, 0) is 9.53 Å². The number of hydrogen-bond acceptors (Lipinski definition) is 4. The third-order valence-electron chi connectivity index (χ3n) is 1.61. The Morgan fingerprint density at radius 3 is 2.44 bits per heavy atom. The molecule has 0 fully saturated rings. The van der Waals surface area contributed by atoms with Gasteiger partial charge in [0, 0.05) is 6.08 Å². The van der Waals surface area contributed by atoms with Crippen molar-refractivity contribution >= 4 is 5.97 Å². The van der Waals surface area contributed by atoms with Crippen molar-refractivity contribution in [2.75, 3.05) is 7.11 Å². The average molecular weight is 223 g/mol. The molecule has 0 saturated carbocycles. The molecular weight excluding hydrogens is 210 g/mol. The maximum atomic E-state index is 11.3. The normalized spacial score (nSPS) is 12.6. The fraction of sp³-hybridized carbons (Fsp3) is 0.182. The number of nitro groups is 1. The minimum absolute atomic E-state index is 0.120. The second kappa shape index (κ2) is 7.17. The third kappa shape index (κ3) is 3.91. The summed E-state index contributed by atoms with van der Waals surface area (Å²) in [7, 11) is 1.16. The molecule has 0 spiro atoms. The van der Waals surface area contributed by atoms with E-state index in [1.807, 2.05) is 0 Å². The van der Waals surface area contributed by atoms with Crippen molar-refractivity contribution in [2.45, 2.75) is 6.92 Å². The average Bonchev–Trinajstić information content (AvgIpc) is 2.27. The lowest BCUT2D eigenvalue weighted by Crippen LogP contribution is -2.12. The van der Waals surface area contributed by atoms with Crippen LogP contribution in [0.1, 0.15) is 6.92 Å². The van der Waals surface area contributed by atoms with Crippen LogP contribution >= 0.6 is 0 Å². The molecule has 0 radical (unpaired) electrons. The van der Waals surface area contributed by atoms with Gasteiger partial charge in [-0.3, -0.25) is 10.1 Å². The van der Waals surface area contributed by atoms with E-state index in [1.165, 1.54) is 18.2 Å². The molecule has 0 aliphatic heterocycles. The number of carbonyl (C=O) groups is 1. The zero-order valence-electron chi connectivity index (χ0n) is 9.17. The molecule has 0 unspecified atom stereocenters. The van der Waals surface area contributed by atoms with Crippen LogP contribution in [0.4, 0.5) is 0 Å². The van der Waals surface area contributed by atoms with Crippen LogP contribution < -0.4 is 0 Å². The molecule has 0 aliphatic rings. The van der Waals surface area contributed by atoms with Gasteiger partial charge < -0.3 is 4.74 Å². The van der Waals surface area contributed by atoms with Crippen molar-refractivity contribution in [1.82, 2.24) is 0 Å². The fourth-order valence-corrected chi connectivity index (χ4v) is 0.921. The van der Waals surface area contributed by atoms with Crippen molar-refractivity contribution in [3.05, 3.63) is 58.3 Å². The number of nitrogens with zero attached hydrogens (tertiary/aromatic N) is 1. The van der Waals surface area contributed by atoms with E-state index < -0.39 is 10.9 Å². The third-order valence-corrected chi connectivity index (χ3v) is 1.61. The largest absolute Gasteiger partial charge is 0.465 e. The standard InChI is InChI=1S/C11H13NO4/c1-4-6-8-9(11(13)16-3)10(7-5-2)12(14)15/h4-8H,2H2,1,3H3/b6-4-,9-8+,10-7+. The van der Waals surface area contributed by atoms with Crippen molar-refractivity contribution in [3.8, 4) is 0 Å². The highest BCUT2D eigenvalue weighted by molar-refractivity contribution is 5.92. The predicted octanol–water partition coefficient (Wildman–Crippen LogP) is 2.01. The highest BCUT2D eigenvalue weighted by Gasteiger charge is 2.23. The van der Waals surface area contributed by atoms with Gasteiger partial charge in [0.05, 0.1) is 12.0 Å². The first-order chi connectivity index (χ1) is 7.58. The van der Waals surface area contributed by atoms with Crippen LogP contribution in [-0.4, -0.2) is 18.0 Å². The van der Waals surface area contributed by atoms with Crippen molar-refractivity contribution < 1.29 is 14.5 Å². The Morgan fingerprint density at radius 1 is 1.44 bits per heavy atom. The Labute approximate surface area is 93.6 Å². The summed E-state index contributed by atoms with van der Waals surface area (Å²) in [6.45, 7) is 5.08. The lowest BCUT2D eigenvalue weighted by molar-refractivity contribution is -0.420. The highest BCUT2D eigenvalue weighted by Crippen LogP contribution is 2.13. The zero-order valence-corrected chi connectivity index (χ0v) is 9.17. The monoisotopic (exact) mass is 223 g/mol. The minimum atomic E-state index is -0.761. The summed E-state index contributed by atoms with van der Waals surface area (Å²) >= 11 is 0. The van der Waals surface area contributed by atoms with Crippen LogP contribution in [0.5, 0.6) is 0 Å². The molecule has 0 saturated heterocycles. The van der Waals surface area contributed by atoms with Gasteiger partial charge >= 0.3 is 5.97 Å². The number of esters is 1. The second-order valence-corrected chi connectivity index (χ2v) is 2.64. The van der Waals surface area contributed by atoms with Gasteiger partial charge in [0.2, 0.25) is 0 Å². The molecule has 86 valence electrons. The van der Waals surface area contributed by atoms with Crippen molar-refractivity contribution in [2.24, 2.45) is 0 Å². The fourth-order valence-electron chi connectivity index (χ4n) is 0.921. The first-order valence-electron chi connectivity index (χ1n) is 4.47. The second-order valence-electron chi connectivity index (χ2n) is 2.64. The zero-order chi connectivity index (χ0) is 12.6. The van der Waals surface area contributed by atoms with E-state index in [0.717, 1.165) is 13.2 Å². The molecule has 0 aliphatic carbocycles. The Morgan fingerprint density at radius 2 is 2.06 bits per heavy atom. The topological polar surface area (TPSA) is 69.4 Å². The number of rotatable bonds is 5. The summed E-state index contributed by atoms with van der Waals surface area (Å²) in [4.78, 5) is 21.4. The van der Waals surface area contributed by atoms with E-state index in [1.54, 1.807) is 13.0 Å². The number of carbonyl (C=O) groups excluding carboxylic acids is 1. The molecule has 0 aromatic heterocycles. The lowest BCUT2D eigenvalue weighted by atomic mass is 10.1. The lowest BCUT2D eigenvalue weighted by Gasteiger charge is -2.01. The summed E-state index contributed by atoms with van der Waals surface area (Å²) in [6.07, 6.45) is 6.88. The molecule has 0 heterocycles. The van der Waals surface area contributed by atoms with Gasteiger partial charge in [0.15, 0.2) is 0 Å². The number of hydrogen-bond donors (Lipinski definition) is 0. The van der Waals surface area contributed by atoms with Crippen molar-refractivity contribution in [1.29, 1.82) is 0 Å². The van der Waals surface area contributed by atoms with Crippen LogP contribution in [0.25, 0.3) is 0 Å². The number of methoxy groups -OCH3 is 1. The maximum absolute atomic E-state index is 11.3. The van der Waals surface area contributed by atoms with Gasteiger partial charge in [0.1, 0.15) is 5.57 Å². The van der Waals surface area contributed by atoms with Crippen LogP contribution in [0.15, 0.2) is 48.2 Å². The van der Waals surface area contributed by atoms with Gasteiger partial charge in [-0.2, -0.15) is 0 Å². The highest BCUT2D eigenvalue weighted by atomic mass is 16.6. The molecule has 0 N–H and O–H groups in total. The predicted molar refractivity (Wildman–Crippen MR) is 60.2 cm³/mol. The van der Waals surface area contributed by atoms with Gasteiger partial charge in [-0.1, -0.05) is 24.8 Å². The summed E-state index contributed by atoms with van der Waals surface area (Å²) in [5.74, 6) is -0.761. The van der Waals surface area contributed by atoms with E-state index in [4.69, 9.17) is 0 Å². The summed E-state index contributed by atoms with van der Waals surface area (Å²) < 4.78 is 4.47. The molecule has 16 heavy (non-hydrogen) atoms. The van der Waals surface area contributed by atoms with E-state index in [9.17, 15) is 14.9 Å². The van der Waals surface area contributed by atoms with Crippen molar-refractivity contribution in [3.63, 3.8) is 0 Å². The molecule has 0 rings (SSSR count). The van der Waals surface area contributed by atoms with Gasteiger partial charge in [0.25, 0.3) is 5.70 Å². The first-order valence-corrected chi connectivity index (χ1v) is 4.47. The Kier molecular flexibility index (Phi) is 6.19. The Hall–Kier alpha value is -2.17. The van der Waals surface area contributed by atoms with Gasteiger partial charge in [-0.25, -0.2) is 4.79 Å². The summed E-state index contributed by atoms with van der Waals surface area (Å²) in [5, 5.41) is 10.7. The smallest absolute Gasteiger partial charge is 0.344 e. The van der Waals surface area contributed by atoms with E-state index >= 15 is 0 Å². The minimum Gasteiger partial charge on any atom is -0.465 e. The molecule has 0 aromatic rings. The van der Waals surface area contributed by atoms with Crippen LogP contribution in [0, 0.1) is 10.1 Å². The summed E-state index contributed by atoms with van der Waals surface area (Å²) in [5.41, 5.74) is -0.467. The molecule has 0 amide bonds. The van der Waals surface area contributed by atoms with E-state index in [0.29, 0.717) is 0 Å². The van der Waals surface area contributed by atoms with E-state index in [2.05, 4.69) is 11.3 Å². The molecule has 0 bridgehead atoms. The number of ether oxygens (including phenoxy) is 1. The molecule has 0 aromatic carbocycles. The number of allylic oxidation sites excluding steroid dienone is 5. The Bertz CT molecular complexity index is 377. The molecule has 0 atom stereocenters. The van der Waals surface area contributed by atoms with Crippen LogP contribution in [0.3, 0.4) is 0 Å². The Balaban J connectivity index is 5.47. The van der Waals surface area contributed by atoms with Crippen LogP contribution in [0.2, 0.25) is 0 Å². The first kappa shape index (κ1) is 13.8. The van der Waals surface area contributed by atoms with E-state index in [-0.39, 0.29) is 11.3 Å². The SMILES string of the molecule is C=C\C=C(/C(=C\C=C/C)C(=O)OC)[N+](=O)[O-]. The quantitative estimate of drug-likeness (QED) is 0.235. The summed E-state index contributed by atoms with van der Waals surface area (Å²) in [6, 6.07) is 0.